The number of nitrogens with one attached hydrogen (secondary N) is 1. The van der Waals surface area contributed by atoms with Crippen molar-refractivity contribution < 1.29 is 4.79 Å². The maximum Gasteiger partial charge on any atom is 0.267 e. The van der Waals surface area contributed by atoms with Crippen molar-refractivity contribution in [1.82, 2.24) is 9.88 Å². The molecule has 1 aromatic rings. The van der Waals surface area contributed by atoms with Crippen LogP contribution in [0.3, 0.4) is 0 Å². The van der Waals surface area contributed by atoms with Crippen molar-refractivity contribution in [1.29, 1.82) is 0 Å². The summed E-state index contributed by atoms with van der Waals surface area (Å²) in [6.07, 6.45) is 2.11. The number of nitrogens with two attached hydrogens (primary N) is 2. The maximum absolute atomic E-state index is 11.0. The molecule has 0 unspecified atom stereocenters. The van der Waals surface area contributed by atoms with Crippen molar-refractivity contribution in [2.75, 3.05) is 38.2 Å². The molecule has 0 aliphatic heterocycles. The van der Waals surface area contributed by atoms with Gasteiger partial charge in [-0.05, 0) is 45.6 Å². The fourth-order valence-electron chi connectivity index (χ4n) is 1.51. The molecular weight excluding hydrogens is 230 g/mol. The molecule has 0 saturated heterocycles. The van der Waals surface area contributed by atoms with Gasteiger partial charge in [0.25, 0.3) is 5.91 Å². The second-order valence-corrected chi connectivity index (χ2v) is 4.44. The van der Waals surface area contributed by atoms with Gasteiger partial charge >= 0.3 is 0 Å². The Morgan fingerprint density at radius 2 is 2.11 bits per heavy atom. The number of unbranched alkanes of at least 4 members (excludes halogenated alkanes) is 1. The molecule has 1 amide bonds. The van der Waals surface area contributed by atoms with Gasteiger partial charge in [0.15, 0.2) is 0 Å². The molecule has 1 aromatic heterocycles. The number of primary amides is 1. The second-order valence-electron chi connectivity index (χ2n) is 4.44. The first-order chi connectivity index (χ1) is 8.50. The monoisotopic (exact) mass is 251 g/mol. The van der Waals surface area contributed by atoms with E-state index < -0.39 is 5.91 Å². The van der Waals surface area contributed by atoms with Gasteiger partial charge in [-0.15, -0.1) is 0 Å². The molecule has 0 aliphatic rings. The van der Waals surface area contributed by atoms with Gasteiger partial charge in [0.1, 0.15) is 11.5 Å². The van der Waals surface area contributed by atoms with Crippen LogP contribution in [-0.2, 0) is 0 Å². The first-order valence-electron chi connectivity index (χ1n) is 5.95. The maximum atomic E-state index is 11.0. The molecule has 0 saturated carbocycles. The number of anilines is 2. The smallest absolute Gasteiger partial charge is 0.267 e. The van der Waals surface area contributed by atoms with Crippen LogP contribution in [0, 0.1) is 0 Å². The molecule has 5 N–H and O–H groups in total. The minimum absolute atomic E-state index is 0.222. The number of nitrogen functional groups attached to an aromatic ring is 1. The molecule has 0 spiro atoms. The Labute approximate surface area is 107 Å². The van der Waals surface area contributed by atoms with E-state index in [1.54, 1.807) is 6.07 Å². The van der Waals surface area contributed by atoms with Crippen LogP contribution in [0.5, 0.6) is 0 Å². The lowest BCUT2D eigenvalue weighted by Gasteiger charge is -2.11. The van der Waals surface area contributed by atoms with E-state index in [-0.39, 0.29) is 5.69 Å². The molecule has 0 fully saturated rings. The van der Waals surface area contributed by atoms with Gasteiger partial charge in [0.2, 0.25) is 0 Å². The first kappa shape index (κ1) is 14.2. The molecule has 0 bridgehead atoms. The third-order valence-electron chi connectivity index (χ3n) is 2.50. The number of nitrogens with zero attached hydrogens (tertiary/aromatic N) is 2. The van der Waals surface area contributed by atoms with E-state index >= 15 is 0 Å². The molecule has 1 rings (SSSR count). The molecule has 0 radical (unpaired) electrons. The van der Waals surface area contributed by atoms with Crippen LogP contribution in [-0.4, -0.2) is 43.0 Å². The summed E-state index contributed by atoms with van der Waals surface area (Å²) in [5, 5.41) is 3.12. The predicted molar refractivity (Wildman–Crippen MR) is 73.4 cm³/mol. The van der Waals surface area contributed by atoms with Crippen molar-refractivity contribution in [2.24, 2.45) is 5.73 Å². The van der Waals surface area contributed by atoms with E-state index in [0.717, 1.165) is 25.9 Å². The molecule has 0 aromatic carbocycles. The van der Waals surface area contributed by atoms with Gasteiger partial charge in [-0.1, -0.05) is 0 Å². The van der Waals surface area contributed by atoms with Crippen molar-refractivity contribution >= 4 is 17.4 Å². The lowest BCUT2D eigenvalue weighted by Crippen LogP contribution is -2.16. The summed E-state index contributed by atoms with van der Waals surface area (Å²) in [6, 6.07) is 3.16. The summed E-state index contributed by atoms with van der Waals surface area (Å²) in [6.45, 7) is 1.82. The van der Waals surface area contributed by atoms with Crippen LogP contribution in [0.2, 0.25) is 0 Å². The Balaban J connectivity index is 2.46. The lowest BCUT2D eigenvalue weighted by molar-refractivity contribution is 0.0996. The van der Waals surface area contributed by atoms with Crippen LogP contribution in [0.4, 0.5) is 11.5 Å². The summed E-state index contributed by atoms with van der Waals surface area (Å²) in [5.41, 5.74) is 11.7. The lowest BCUT2D eigenvalue weighted by atomic mass is 10.2. The van der Waals surface area contributed by atoms with Crippen LogP contribution >= 0.6 is 0 Å². The number of carbonyl (C=O) groups excluding carboxylic acids is 1. The van der Waals surface area contributed by atoms with Crippen LogP contribution < -0.4 is 16.8 Å². The Bertz CT molecular complexity index is 405. The zero-order valence-corrected chi connectivity index (χ0v) is 10.9. The summed E-state index contributed by atoms with van der Waals surface area (Å²) in [5.74, 6) is -0.0261. The Hall–Kier alpha value is -1.82. The molecule has 1 heterocycles. The summed E-state index contributed by atoms with van der Waals surface area (Å²) < 4.78 is 0. The number of pyridine rings is 1. The highest BCUT2D eigenvalue weighted by Gasteiger charge is 2.06. The van der Waals surface area contributed by atoms with Crippen LogP contribution in [0.15, 0.2) is 12.1 Å². The highest BCUT2D eigenvalue weighted by Crippen LogP contribution is 2.15. The molecule has 6 heteroatoms. The minimum atomic E-state index is -0.550. The Kier molecular flexibility index (Phi) is 5.38. The van der Waals surface area contributed by atoms with Gasteiger partial charge in [0, 0.05) is 6.54 Å². The fraction of sp³-hybridized carbons (Fsp3) is 0.500. The van der Waals surface area contributed by atoms with E-state index in [1.807, 2.05) is 14.1 Å². The largest absolute Gasteiger partial charge is 0.396 e. The number of aromatic nitrogens is 1. The Morgan fingerprint density at radius 3 is 2.72 bits per heavy atom. The van der Waals surface area contributed by atoms with Crippen LogP contribution in [0.25, 0.3) is 0 Å². The Morgan fingerprint density at radius 1 is 1.39 bits per heavy atom. The van der Waals surface area contributed by atoms with Gasteiger partial charge in [0.05, 0.1) is 5.69 Å². The number of hydrogen-bond donors (Lipinski definition) is 3. The third kappa shape index (κ3) is 4.58. The highest BCUT2D eigenvalue weighted by atomic mass is 16.1. The zero-order valence-electron chi connectivity index (χ0n) is 10.9. The minimum Gasteiger partial charge on any atom is -0.396 e. The van der Waals surface area contributed by atoms with E-state index in [0.29, 0.717) is 11.5 Å². The molecule has 6 nitrogen and oxygen atoms in total. The quantitative estimate of drug-likeness (QED) is 0.614. The normalized spacial score (nSPS) is 10.6. The molecule has 100 valence electrons. The average Bonchev–Trinajstić information content (AvgIpc) is 2.30. The van der Waals surface area contributed by atoms with Crippen LogP contribution in [0.1, 0.15) is 23.3 Å². The average molecular weight is 251 g/mol. The highest BCUT2D eigenvalue weighted by molar-refractivity contribution is 5.91. The van der Waals surface area contributed by atoms with Crippen molar-refractivity contribution in [2.45, 2.75) is 12.8 Å². The van der Waals surface area contributed by atoms with Crippen molar-refractivity contribution in [3.63, 3.8) is 0 Å². The topological polar surface area (TPSA) is 97.3 Å². The van der Waals surface area contributed by atoms with Gasteiger partial charge in [-0.2, -0.15) is 0 Å². The molecule has 0 atom stereocenters. The van der Waals surface area contributed by atoms with Gasteiger partial charge < -0.3 is 21.7 Å². The third-order valence-corrected chi connectivity index (χ3v) is 2.50. The second kappa shape index (κ2) is 6.80. The summed E-state index contributed by atoms with van der Waals surface area (Å²) >= 11 is 0. The number of hydrogen-bond acceptors (Lipinski definition) is 5. The zero-order chi connectivity index (χ0) is 13.5. The number of rotatable bonds is 7. The SMILES string of the molecule is CN(C)CCCCNc1nc(C(N)=O)ccc1N. The van der Waals surface area contributed by atoms with E-state index in [2.05, 4.69) is 15.2 Å². The van der Waals surface area contributed by atoms with Crippen molar-refractivity contribution in [3.8, 4) is 0 Å². The molecular formula is C12H21N5O. The summed E-state index contributed by atoms with van der Waals surface area (Å²) in [7, 11) is 4.09. The van der Waals surface area contributed by atoms with E-state index in [4.69, 9.17) is 11.5 Å². The number of amides is 1. The standard InChI is InChI=1S/C12H21N5O/c1-17(2)8-4-3-7-15-12-9(13)5-6-10(16-12)11(14)18/h5-6H,3-4,7-8,13H2,1-2H3,(H2,14,18)(H,15,16). The molecule has 0 aliphatic carbocycles. The predicted octanol–water partition coefficient (Wildman–Crippen LogP) is 0.516. The van der Waals surface area contributed by atoms with Gasteiger partial charge in [-0.25, -0.2) is 4.98 Å². The van der Waals surface area contributed by atoms with E-state index in [1.165, 1.54) is 6.07 Å². The molecule has 18 heavy (non-hydrogen) atoms. The first-order valence-corrected chi connectivity index (χ1v) is 5.95. The summed E-state index contributed by atoms with van der Waals surface area (Å²) in [4.78, 5) is 17.2. The number of carbonyl (C=O) groups is 1. The fourth-order valence-corrected chi connectivity index (χ4v) is 1.51. The van der Waals surface area contributed by atoms with Crippen molar-refractivity contribution in [3.05, 3.63) is 17.8 Å². The van der Waals surface area contributed by atoms with E-state index in [9.17, 15) is 4.79 Å². The van der Waals surface area contributed by atoms with Gasteiger partial charge in [-0.3, -0.25) is 4.79 Å².